The van der Waals surface area contributed by atoms with Crippen LogP contribution >= 0.6 is 22.6 Å². The SMILES string of the molecule is C=CCCCCOc1c(N2CCN(S(=O)(=O)NCC=C)CC2)cnn(-c2cccc(CI)c2)c1=O. The number of aromatic nitrogens is 2. The molecular formula is C24H32IN5O4S. The van der Waals surface area contributed by atoms with Gasteiger partial charge in [-0.1, -0.05) is 46.9 Å². The lowest BCUT2D eigenvalue weighted by atomic mass is 10.2. The Kier molecular flexibility index (Phi) is 10.3. The molecule has 1 N–H and O–H groups in total. The molecule has 1 aliphatic rings. The number of ether oxygens (including phenoxy) is 1. The smallest absolute Gasteiger partial charge is 0.316 e. The Balaban J connectivity index is 1.86. The van der Waals surface area contributed by atoms with E-state index in [-0.39, 0.29) is 30.9 Å². The van der Waals surface area contributed by atoms with Crippen molar-refractivity contribution >= 4 is 38.5 Å². The van der Waals surface area contributed by atoms with E-state index in [1.165, 1.54) is 15.1 Å². The number of unbranched alkanes of at least 4 members (excludes halogenated alkanes) is 2. The number of benzene rings is 1. The van der Waals surface area contributed by atoms with Crippen molar-refractivity contribution in [3.05, 3.63) is 71.7 Å². The van der Waals surface area contributed by atoms with Crippen molar-refractivity contribution in [2.75, 3.05) is 44.2 Å². The highest BCUT2D eigenvalue weighted by Crippen LogP contribution is 2.26. The second-order valence-electron chi connectivity index (χ2n) is 8.04. The van der Waals surface area contributed by atoms with Crippen LogP contribution in [-0.2, 0) is 14.6 Å². The van der Waals surface area contributed by atoms with E-state index in [1.807, 2.05) is 35.2 Å². The van der Waals surface area contributed by atoms with Gasteiger partial charge in [0.05, 0.1) is 18.5 Å². The highest BCUT2D eigenvalue weighted by Gasteiger charge is 2.29. The van der Waals surface area contributed by atoms with Crippen LogP contribution in [0, 0.1) is 0 Å². The molecule has 0 atom stereocenters. The molecule has 11 heteroatoms. The zero-order chi connectivity index (χ0) is 25.3. The molecule has 0 amide bonds. The standard InChI is InChI=1S/C24H32IN5O4S/c1-3-5-6-7-16-34-23-22(28-12-14-29(15-13-28)35(32,33)27-11-4-2)19-26-30(24(23)31)21-10-8-9-20(17-21)18-25/h3-4,8-10,17,19,27H,1-2,5-7,11-16,18H2. The number of nitrogens with zero attached hydrogens (tertiary/aromatic N) is 4. The van der Waals surface area contributed by atoms with Gasteiger partial charge < -0.3 is 9.64 Å². The Morgan fingerprint density at radius 1 is 1.14 bits per heavy atom. The van der Waals surface area contributed by atoms with Gasteiger partial charge in [-0.3, -0.25) is 4.79 Å². The van der Waals surface area contributed by atoms with Crippen LogP contribution in [-0.4, -0.2) is 61.8 Å². The van der Waals surface area contributed by atoms with Crippen molar-refractivity contribution in [3.8, 4) is 11.4 Å². The lowest BCUT2D eigenvalue weighted by Gasteiger charge is -2.35. The molecule has 190 valence electrons. The third-order valence-electron chi connectivity index (χ3n) is 5.60. The molecule has 3 rings (SSSR count). The van der Waals surface area contributed by atoms with Crippen LogP contribution in [0.2, 0.25) is 0 Å². The molecule has 1 aromatic heterocycles. The fourth-order valence-corrected chi connectivity index (χ4v) is 5.36. The van der Waals surface area contributed by atoms with E-state index in [0.717, 1.165) is 29.3 Å². The third-order valence-corrected chi connectivity index (χ3v) is 8.06. The average molecular weight is 614 g/mol. The maximum Gasteiger partial charge on any atom is 0.316 e. The van der Waals surface area contributed by atoms with E-state index in [2.05, 4.69) is 45.6 Å². The fraction of sp³-hybridized carbons (Fsp3) is 0.417. The van der Waals surface area contributed by atoms with E-state index in [9.17, 15) is 13.2 Å². The largest absolute Gasteiger partial charge is 0.486 e. The summed E-state index contributed by atoms with van der Waals surface area (Å²) in [6.45, 7) is 9.25. The maximum absolute atomic E-state index is 13.5. The van der Waals surface area contributed by atoms with Gasteiger partial charge in [0.25, 0.3) is 10.2 Å². The van der Waals surface area contributed by atoms with E-state index in [1.54, 1.807) is 6.20 Å². The van der Waals surface area contributed by atoms with Crippen LogP contribution < -0.4 is 19.9 Å². The number of hydrogen-bond donors (Lipinski definition) is 1. The lowest BCUT2D eigenvalue weighted by molar-refractivity contribution is 0.299. The molecule has 1 saturated heterocycles. The Morgan fingerprint density at radius 3 is 2.60 bits per heavy atom. The molecule has 0 radical (unpaired) electrons. The van der Waals surface area contributed by atoms with E-state index < -0.39 is 10.2 Å². The van der Waals surface area contributed by atoms with Gasteiger partial charge in [-0.15, -0.1) is 13.2 Å². The first kappa shape index (κ1) is 27.4. The molecule has 0 bridgehead atoms. The minimum absolute atomic E-state index is 0.174. The minimum Gasteiger partial charge on any atom is -0.486 e. The van der Waals surface area contributed by atoms with E-state index in [0.29, 0.717) is 31.1 Å². The monoisotopic (exact) mass is 613 g/mol. The first-order chi connectivity index (χ1) is 16.9. The summed E-state index contributed by atoms with van der Waals surface area (Å²) in [6.07, 6.45) is 7.60. The molecule has 35 heavy (non-hydrogen) atoms. The summed E-state index contributed by atoms with van der Waals surface area (Å²) < 4.78 is 37.0. The van der Waals surface area contributed by atoms with Crippen LogP contribution in [0.15, 0.2) is 60.6 Å². The van der Waals surface area contributed by atoms with Crippen LogP contribution in [0.5, 0.6) is 5.75 Å². The number of alkyl halides is 1. The number of allylic oxidation sites excluding steroid dienone is 1. The van der Waals surface area contributed by atoms with E-state index >= 15 is 0 Å². The van der Waals surface area contributed by atoms with Crippen molar-refractivity contribution in [1.29, 1.82) is 0 Å². The number of anilines is 1. The van der Waals surface area contributed by atoms with Gasteiger partial charge in [0.1, 0.15) is 5.69 Å². The van der Waals surface area contributed by atoms with Crippen molar-refractivity contribution < 1.29 is 13.2 Å². The molecule has 2 aromatic rings. The highest BCUT2D eigenvalue weighted by atomic mass is 127. The third kappa shape index (κ3) is 7.15. The minimum atomic E-state index is -3.58. The molecule has 1 aromatic carbocycles. The highest BCUT2D eigenvalue weighted by molar-refractivity contribution is 14.1. The zero-order valence-corrected chi connectivity index (χ0v) is 22.7. The van der Waals surface area contributed by atoms with Crippen molar-refractivity contribution in [2.24, 2.45) is 0 Å². The second kappa shape index (κ2) is 13.2. The van der Waals surface area contributed by atoms with Crippen LogP contribution in [0.1, 0.15) is 24.8 Å². The number of piperazine rings is 1. The first-order valence-electron chi connectivity index (χ1n) is 11.5. The summed E-state index contributed by atoms with van der Waals surface area (Å²) >= 11 is 2.28. The van der Waals surface area contributed by atoms with Gasteiger partial charge in [-0.05, 0) is 37.0 Å². The molecule has 0 aliphatic carbocycles. The van der Waals surface area contributed by atoms with Gasteiger partial charge in [-0.25, -0.2) is 0 Å². The fourth-order valence-electron chi connectivity index (χ4n) is 3.74. The molecule has 2 heterocycles. The van der Waals surface area contributed by atoms with Gasteiger partial charge >= 0.3 is 5.56 Å². The van der Waals surface area contributed by atoms with Gasteiger partial charge in [0.2, 0.25) is 5.75 Å². The summed E-state index contributed by atoms with van der Waals surface area (Å²) in [7, 11) is -3.58. The van der Waals surface area contributed by atoms with Crippen molar-refractivity contribution in [3.63, 3.8) is 0 Å². The molecule has 0 unspecified atom stereocenters. The predicted molar refractivity (Wildman–Crippen MR) is 148 cm³/mol. The van der Waals surface area contributed by atoms with Crippen LogP contribution in [0.4, 0.5) is 5.69 Å². The number of nitrogens with one attached hydrogen (secondary N) is 1. The molecule has 0 saturated carbocycles. The quantitative estimate of drug-likeness (QED) is 0.162. The summed E-state index contributed by atoms with van der Waals surface area (Å²) in [6, 6.07) is 7.69. The summed E-state index contributed by atoms with van der Waals surface area (Å²) in [5, 5.41) is 4.44. The topological polar surface area (TPSA) is 96.8 Å². The van der Waals surface area contributed by atoms with Gasteiger partial charge in [-0.2, -0.15) is 27.2 Å². The van der Waals surface area contributed by atoms with Crippen LogP contribution in [0.3, 0.4) is 0 Å². The summed E-state index contributed by atoms with van der Waals surface area (Å²) in [5.74, 6) is 0.236. The molecular weight excluding hydrogens is 581 g/mol. The molecule has 1 fully saturated rings. The Bertz CT molecular complexity index is 1180. The second-order valence-corrected chi connectivity index (χ2v) is 10.6. The normalized spacial score (nSPS) is 14.6. The molecule has 1 aliphatic heterocycles. The average Bonchev–Trinajstić information content (AvgIpc) is 2.88. The molecule has 0 spiro atoms. The zero-order valence-electron chi connectivity index (χ0n) is 19.7. The van der Waals surface area contributed by atoms with Crippen molar-refractivity contribution in [2.45, 2.75) is 23.7 Å². The maximum atomic E-state index is 13.5. The van der Waals surface area contributed by atoms with Crippen LogP contribution in [0.25, 0.3) is 5.69 Å². The van der Waals surface area contributed by atoms with Gasteiger partial charge in [0, 0.05) is 37.2 Å². The summed E-state index contributed by atoms with van der Waals surface area (Å²) in [5.41, 5.74) is 2.02. The first-order valence-corrected chi connectivity index (χ1v) is 14.5. The Hall–Kier alpha value is -2.22. The van der Waals surface area contributed by atoms with E-state index in [4.69, 9.17) is 4.74 Å². The Morgan fingerprint density at radius 2 is 1.91 bits per heavy atom. The number of halogens is 1. The predicted octanol–water partition coefficient (Wildman–Crippen LogP) is 3.05. The number of rotatable bonds is 13. The van der Waals surface area contributed by atoms with Crippen molar-refractivity contribution in [1.82, 2.24) is 18.8 Å². The lowest BCUT2D eigenvalue weighted by Crippen LogP contribution is -2.52. The Labute approximate surface area is 220 Å². The van der Waals surface area contributed by atoms with Gasteiger partial charge in [0.15, 0.2) is 0 Å². The number of hydrogen-bond acceptors (Lipinski definition) is 6. The molecule has 9 nitrogen and oxygen atoms in total. The summed E-state index contributed by atoms with van der Waals surface area (Å²) in [4.78, 5) is 15.5.